The van der Waals surface area contributed by atoms with Crippen molar-refractivity contribution >= 4 is 23.2 Å². The molecule has 7 heteroatoms. The van der Waals surface area contributed by atoms with Gasteiger partial charge in [0.25, 0.3) is 5.91 Å². The smallest absolute Gasteiger partial charge is 0.339 e. The number of rotatable bonds is 4. The molecule has 0 aliphatic carbocycles. The zero-order chi connectivity index (χ0) is 14.9. The molecular weight excluding hydrogens is 280 g/mol. The number of furan rings is 1. The van der Waals surface area contributed by atoms with Gasteiger partial charge in [-0.15, -0.1) is 11.3 Å². The summed E-state index contributed by atoms with van der Waals surface area (Å²) in [5.74, 6) is -0.618. The van der Waals surface area contributed by atoms with Crippen LogP contribution in [0.15, 0.2) is 10.5 Å². The summed E-state index contributed by atoms with van der Waals surface area (Å²) in [7, 11) is 0. The van der Waals surface area contributed by atoms with E-state index in [4.69, 9.17) is 9.52 Å². The fourth-order valence-electron chi connectivity index (χ4n) is 1.83. The Balaban J connectivity index is 2.05. The number of aryl methyl sites for hydroxylation is 3. The second kappa shape index (κ2) is 5.46. The number of aromatic carboxylic acids is 1. The third-order valence-electron chi connectivity index (χ3n) is 2.74. The number of hydrogen-bond donors (Lipinski definition) is 2. The summed E-state index contributed by atoms with van der Waals surface area (Å²) in [6, 6.07) is 1.41. The molecule has 0 unspecified atom stereocenters. The normalized spacial score (nSPS) is 10.6. The van der Waals surface area contributed by atoms with E-state index in [9.17, 15) is 9.59 Å². The first-order valence-electron chi connectivity index (χ1n) is 5.93. The average Bonchev–Trinajstić information content (AvgIpc) is 2.89. The van der Waals surface area contributed by atoms with E-state index >= 15 is 0 Å². The Kier molecular flexibility index (Phi) is 3.89. The number of carbonyl (C=O) groups is 2. The van der Waals surface area contributed by atoms with Crippen LogP contribution in [0.3, 0.4) is 0 Å². The lowest BCUT2D eigenvalue weighted by molar-refractivity contribution is 0.0694. The van der Waals surface area contributed by atoms with Gasteiger partial charge in [-0.25, -0.2) is 9.78 Å². The van der Waals surface area contributed by atoms with E-state index in [1.807, 2.05) is 13.8 Å². The maximum Gasteiger partial charge on any atom is 0.339 e. The minimum atomic E-state index is -1.05. The molecule has 0 aromatic carbocycles. The summed E-state index contributed by atoms with van der Waals surface area (Å²) in [6.45, 7) is 5.37. The number of nitrogens with zero attached hydrogens (tertiary/aromatic N) is 1. The molecule has 0 spiro atoms. The molecule has 2 N–H and O–H groups in total. The van der Waals surface area contributed by atoms with Crippen LogP contribution in [0.4, 0.5) is 0 Å². The number of aromatic nitrogens is 1. The van der Waals surface area contributed by atoms with Gasteiger partial charge in [0.05, 0.1) is 11.6 Å². The van der Waals surface area contributed by atoms with Crippen LogP contribution in [-0.2, 0) is 6.54 Å². The Morgan fingerprint density at radius 2 is 2.10 bits per heavy atom. The molecule has 20 heavy (non-hydrogen) atoms. The fraction of sp³-hybridized carbons (Fsp3) is 0.308. The molecule has 1 amide bonds. The van der Waals surface area contributed by atoms with E-state index in [-0.39, 0.29) is 18.0 Å². The molecule has 0 bridgehead atoms. The van der Waals surface area contributed by atoms with Gasteiger partial charge >= 0.3 is 5.97 Å². The minimum Gasteiger partial charge on any atom is -0.478 e. The average molecular weight is 294 g/mol. The topological polar surface area (TPSA) is 92.4 Å². The Morgan fingerprint density at radius 3 is 2.60 bits per heavy atom. The van der Waals surface area contributed by atoms with Crippen molar-refractivity contribution in [3.05, 3.63) is 38.7 Å². The van der Waals surface area contributed by atoms with E-state index in [0.717, 1.165) is 9.88 Å². The Bertz CT molecular complexity index is 672. The predicted octanol–water partition coefficient (Wildman–Crippen LogP) is 2.29. The van der Waals surface area contributed by atoms with Crippen molar-refractivity contribution < 1.29 is 19.1 Å². The van der Waals surface area contributed by atoms with Crippen molar-refractivity contribution in [2.75, 3.05) is 0 Å². The van der Waals surface area contributed by atoms with Crippen LogP contribution in [0.2, 0.25) is 0 Å². The molecule has 0 atom stereocenters. The quantitative estimate of drug-likeness (QED) is 0.902. The van der Waals surface area contributed by atoms with E-state index < -0.39 is 5.97 Å². The molecule has 0 aliphatic heterocycles. The standard InChI is InChI=1S/C13H14N2O4S/c1-6-10(13(17)18)4-9(19-6)5-14-12(16)11-7(2)20-8(3)15-11/h4H,5H2,1-3H3,(H,14,16)(H,17,18). The monoisotopic (exact) mass is 294 g/mol. The highest BCUT2D eigenvalue weighted by Crippen LogP contribution is 2.17. The predicted molar refractivity (Wildman–Crippen MR) is 73.2 cm³/mol. The number of thiazole rings is 1. The van der Waals surface area contributed by atoms with Crippen LogP contribution in [0.25, 0.3) is 0 Å². The van der Waals surface area contributed by atoms with Crippen molar-refractivity contribution in [1.82, 2.24) is 10.3 Å². The minimum absolute atomic E-state index is 0.106. The highest BCUT2D eigenvalue weighted by atomic mass is 32.1. The molecule has 0 saturated carbocycles. The molecule has 0 saturated heterocycles. The molecule has 6 nitrogen and oxygen atoms in total. The second-order valence-corrected chi connectivity index (χ2v) is 5.72. The highest BCUT2D eigenvalue weighted by molar-refractivity contribution is 7.11. The first kappa shape index (κ1) is 14.3. The largest absolute Gasteiger partial charge is 0.478 e. The number of hydrogen-bond acceptors (Lipinski definition) is 5. The molecule has 2 aromatic rings. The molecule has 2 rings (SSSR count). The zero-order valence-corrected chi connectivity index (χ0v) is 12.1. The van der Waals surface area contributed by atoms with Crippen LogP contribution in [0, 0.1) is 20.8 Å². The SMILES string of the molecule is Cc1nc(C(=O)NCc2cc(C(=O)O)c(C)o2)c(C)s1. The second-order valence-electron chi connectivity index (χ2n) is 4.31. The van der Waals surface area contributed by atoms with E-state index in [2.05, 4.69) is 10.3 Å². The van der Waals surface area contributed by atoms with E-state index in [1.54, 1.807) is 6.92 Å². The van der Waals surface area contributed by atoms with Gasteiger partial charge in [-0.1, -0.05) is 0 Å². The highest BCUT2D eigenvalue weighted by Gasteiger charge is 2.16. The summed E-state index contributed by atoms with van der Waals surface area (Å²) in [5.41, 5.74) is 0.504. The zero-order valence-electron chi connectivity index (χ0n) is 11.3. The van der Waals surface area contributed by atoms with Gasteiger partial charge in [0.1, 0.15) is 22.8 Å². The maximum atomic E-state index is 12.0. The first-order valence-corrected chi connectivity index (χ1v) is 6.75. The Labute approximate surface area is 119 Å². The lowest BCUT2D eigenvalue weighted by Crippen LogP contribution is -2.23. The summed E-state index contributed by atoms with van der Waals surface area (Å²) in [5, 5.41) is 12.4. The molecule has 2 heterocycles. The van der Waals surface area contributed by atoms with Gasteiger partial charge in [-0.2, -0.15) is 0 Å². The van der Waals surface area contributed by atoms with Crippen molar-refractivity contribution in [2.45, 2.75) is 27.3 Å². The van der Waals surface area contributed by atoms with Gasteiger partial charge in [0.15, 0.2) is 0 Å². The van der Waals surface area contributed by atoms with Crippen LogP contribution in [0.5, 0.6) is 0 Å². The number of amides is 1. The van der Waals surface area contributed by atoms with Crippen molar-refractivity contribution in [3.8, 4) is 0 Å². The van der Waals surface area contributed by atoms with Gasteiger partial charge in [-0.3, -0.25) is 4.79 Å². The van der Waals surface area contributed by atoms with E-state index in [0.29, 0.717) is 17.2 Å². The Morgan fingerprint density at radius 1 is 1.40 bits per heavy atom. The van der Waals surface area contributed by atoms with E-state index in [1.165, 1.54) is 17.4 Å². The van der Waals surface area contributed by atoms with Gasteiger partial charge in [0, 0.05) is 4.88 Å². The molecule has 0 aliphatic rings. The van der Waals surface area contributed by atoms with Crippen molar-refractivity contribution in [2.24, 2.45) is 0 Å². The maximum absolute atomic E-state index is 12.0. The summed E-state index contributed by atoms with van der Waals surface area (Å²) in [6.07, 6.45) is 0. The summed E-state index contributed by atoms with van der Waals surface area (Å²) < 4.78 is 5.28. The van der Waals surface area contributed by atoms with Crippen LogP contribution in [-0.4, -0.2) is 22.0 Å². The van der Waals surface area contributed by atoms with Gasteiger partial charge in [0.2, 0.25) is 0 Å². The van der Waals surface area contributed by atoms with Crippen LogP contribution in [0.1, 0.15) is 42.3 Å². The summed E-state index contributed by atoms with van der Waals surface area (Å²) >= 11 is 1.46. The van der Waals surface area contributed by atoms with Crippen LogP contribution < -0.4 is 5.32 Å². The Hall–Kier alpha value is -2.15. The number of carbonyl (C=O) groups excluding carboxylic acids is 1. The van der Waals surface area contributed by atoms with Crippen molar-refractivity contribution in [3.63, 3.8) is 0 Å². The molecule has 0 radical (unpaired) electrons. The molecule has 2 aromatic heterocycles. The fourth-order valence-corrected chi connectivity index (χ4v) is 2.65. The number of carboxylic acids is 1. The third-order valence-corrected chi connectivity index (χ3v) is 3.63. The lowest BCUT2D eigenvalue weighted by Gasteiger charge is -2.01. The van der Waals surface area contributed by atoms with Gasteiger partial charge in [-0.05, 0) is 26.8 Å². The number of nitrogens with one attached hydrogen (secondary N) is 1. The lowest BCUT2D eigenvalue weighted by atomic mass is 10.2. The summed E-state index contributed by atoms with van der Waals surface area (Å²) in [4.78, 5) is 27.8. The molecular formula is C13H14N2O4S. The molecule has 106 valence electrons. The first-order chi connectivity index (χ1) is 9.38. The number of carboxylic acid groups (broad SMARTS) is 1. The third kappa shape index (κ3) is 2.88. The molecule has 0 fully saturated rings. The van der Waals surface area contributed by atoms with Crippen LogP contribution >= 0.6 is 11.3 Å². The van der Waals surface area contributed by atoms with Crippen molar-refractivity contribution in [1.29, 1.82) is 0 Å². The van der Waals surface area contributed by atoms with Gasteiger partial charge < -0.3 is 14.8 Å².